The molecule has 0 aliphatic carbocycles. The second kappa shape index (κ2) is 9.55. The quantitative estimate of drug-likeness (QED) is 0.266. The number of hydrogen-bond donors (Lipinski definition) is 0. The second-order valence-electron chi connectivity index (χ2n) is 9.41. The van der Waals surface area contributed by atoms with Crippen LogP contribution in [-0.4, -0.2) is 50.5 Å². The lowest BCUT2D eigenvalue weighted by atomic mass is 9.87. The molecule has 6 rings (SSSR count). The molecule has 13 heteroatoms. The zero-order chi connectivity index (χ0) is 26.6. The first-order chi connectivity index (χ1) is 18.3. The molecule has 196 valence electrons. The highest BCUT2D eigenvalue weighted by Crippen LogP contribution is 2.54. The first kappa shape index (κ1) is 24.6. The Morgan fingerprint density at radius 1 is 1.05 bits per heavy atom. The van der Waals surface area contributed by atoms with E-state index in [1.54, 1.807) is 17.0 Å². The number of piperidine rings is 1. The number of hydrogen-bond acceptors (Lipinski definition) is 9. The van der Waals surface area contributed by atoms with E-state index in [0.29, 0.717) is 28.8 Å². The number of furan rings is 1. The summed E-state index contributed by atoms with van der Waals surface area (Å²) in [5.41, 5.74) is 0.0810. The Bertz CT molecular complexity index is 1490. The highest BCUT2D eigenvalue weighted by Gasteiger charge is 2.57. The van der Waals surface area contributed by atoms with Crippen LogP contribution in [0.2, 0.25) is 0 Å². The first-order valence-corrected chi connectivity index (χ1v) is 13.9. The molecule has 2 fully saturated rings. The Morgan fingerprint density at radius 3 is 2.45 bits per heavy atom. The number of carbonyl (C=O) groups excluding carboxylic acids is 3. The third-order valence-corrected chi connectivity index (χ3v) is 9.82. The van der Waals surface area contributed by atoms with Crippen LogP contribution in [-0.2, 0) is 20.9 Å². The molecule has 0 radical (unpaired) electrons. The summed E-state index contributed by atoms with van der Waals surface area (Å²) >= 11 is 2.09. The molecule has 11 nitrogen and oxygen atoms in total. The van der Waals surface area contributed by atoms with Gasteiger partial charge in [0.1, 0.15) is 17.6 Å². The van der Waals surface area contributed by atoms with Gasteiger partial charge in [0.2, 0.25) is 17.7 Å². The fraction of sp³-hybridized carbons (Fsp3) is 0.360. The van der Waals surface area contributed by atoms with E-state index in [-0.39, 0.29) is 28.7 Å². The molecule has 1 aromatic carbocycles. The summed E-state index contributed by atoms with van der Waals surface area (Å²) in [5, 5.41) is 10.7. The molecule has 0 N–H and O–H groups in total. The number of thioether (sulfide) groups is 1. The summed E-state index contributed by atoms with van der Waals surface area (Å²) in [6.45, 7) is 1.18. The number of fused-ring (bicyclic) bond motifs is 2. The van der Waals surface area contributed by atoms with Crippen LogP contribution in [0.1, 0.15) is 35.8 Å². The molecule has 0 bridgehead atoms. The lowest BCUT2D eigenvalue weighted by Crippen LogP contribution is -2.39. The first-order valence-electron chi connectivity index (χ1n) is 12.2. The number of likely N-dealkylation sites (tertiary alicyclic amines) is 1. The predicted octanol–water partition coefficient (Wildman–Crippen LogP) is 3.22. The second-order valence-corrected chi connectivity index (χ2v) is 11.5. The molecule has 3 aliphatic heterocycles. The molecule has 5 heterocycles. The van der Waals surface area contributed by atoms with Crippen molar-refractivity contribution in [1.29, 1.82) is 0 Å². The molecular weight excluding hydrogens is 532 g/mol. The third kappa shape index (κ3) is 3.97. The molecule has 0 saturated carbocycles. The number of non-ortho nitro benzene ring substituents is 1. The molecule has 3 amide bonds. The number of amides is 3. The number of imide groups is 1. The van der Waals surface area contributed by atoms with Crippen molar-refractivity contribution in [1.82, 2.24) is 9.47 Å². The maximum Gasteiger partial charge on any atom is 0.308 e. The molecule has 38 heavy (non-hydrogen) atoms. The number of carbonyl (C=O) groups is 3. The van der Waals surface area contributed by atoms with Gasteiger partial charge in [-0.15, -0.1) is 0 Å². The molecule has 2 aromatic heterocycles. The summed E-state index contributed by atoms with van der Waals surface area (Å²) < 4.78 is 7.10. The van der Waals surface area contributed by atoms with Crippen LogP contribution in [0.15, 0.2) is 56.9 Å². The van der Waals surface area contributed by atoms with Gasteiger partial charge in [-0.3, -0.25) is 33.9 Å². The van der Waals surface area contributed by atoms with Gasteiger partial charge in [-0.05, 0) is 43.5 Å². The highest BCUT2D eigenvalue weighted by atomic mass is 32.2. The van der Waals surface area contributed by atoms with Crippen molar-refractivity contribution < 1.29 is 23.7 Å². The number of aromatic nitrogens is 1. The fourth-order valence-corrected chi connectivity index (χ4v) is 8.14. The van der Waals surface area contributed by atoms with E-state index in [9.17, 15) is 29.3 Å². The van der Waals surface area contributed by atoms with Gasteiger partial charge in [0.25, 0.3) is 5.69 Å². The van der Waals surface area contributed by atoms with Crippen molar-refractivity contribution in [2.24, 2.45) is 5.92 Å². The van der Waals surface area contributed by atoms with Crippen LogP contribution in [0, 0.1) is 16.0 Å². The Hall–Kier alpha value is -3.71. The molecule has 2 saturated heterocycles. The molecule has 0 spiro atoms. The van der Waals surface area contributed by atoms with Gasteiger partial charge >= 0.3 is 4.87 Å². The summed E-state index contributed by atoms with van der Waals surface area (Å²) in [6, 6.07) is 8.63. The lowest BCUT2D eigenvalue weighted by molar-refractivity contribution is -0.384. The van der Waals surface area contributed by atoms with E-state index in [1.807, 2.05) is 0 Å². The largest absolute Gasteiger partial charge is 0.469 e. The van der Waals surface area contributed by atoms with Crippen molar-refractivity contribution in [2.75, 3.05) is 18.0 Å². The average molecular weight is 555 g/mol. The van der Waals surface area contributed by atoms with Gasteiger partial charge in [0.05, 0.1) is 38.6 Å². The normalized spacial score (nSPS) is 22.9. The predicted molar refractivity (Wildman–Crippen MR) is 138 cm³/mol. The minimum atomic E-state index is -0.856. The Kier molecular flexibility index (Phi) is 6.19. The van der Waals surface area contributed by atoms with Crippen molar-refractivity contribution in [3.63, 3.8) is 0 Å². The third-order valence-electron chi connectivity index (χ3n) is 7.22. The van der Waals surface area contributed by atoms with E-state index < -0.39 is 33.8 Å². The summed E-state index contributed by atoms with van der Waals surface area (Å²) in [6.07, 6.45) is 4.40. The van der Waals surface area contributed by atoms with Crippen molar-refractivity contribution in [3.8, 4) is 0 Å². The number of benzene rings is 1. The Morgan fingerprint density at radius 2 is 1.79 bits per heavy atom. The van der Waals surface area contributed by atoms with Crippen LogP contribution in [0.3, 0.4) is 0 Å². The number of thiazole rings is 1. The number of nitro groups is 1. The van der Waals surface area contributed by atoms with Crippen LogP contribution < -0.4 is 9.77 Å². The zero-order valence-electron chi connectivity index (χ0n) is 20.0. The van der Waals surface area contributed by atoms with E-state index in [4.69, 9.17) is 4.42 Å². The zero-order valence-corrected chi connectivity index (χ0v) is 21.6. The van der Waals surface area contributed by atoms with E-state index in [0.717, 1.165) is 47.3 Å². The number of nitro benzene ring substituents is 1. The van der Waals surface area contributed by atoms with Crippen molar-refractivity contribution >= 4 is 52.2 Å². The maximum absolute atomic E-state index is 13.7. The van der Waals surface area contributed by atoms with E-state index >= 15 is 0 Å². The average Bonchev–Trinajstić information content (AvgIpc) is 3.62. The SMILES string of the molecule is O=C(Cn1c2c(sc1=O)[C@@H](c1ccco1)[C@@H]1C(=O)N(c3ccc([N+](=O)[O-])cc3)C(=O)[C@@H]1S2)N1CCCCC1. The topological polar surface area (TPSA) is 136 Å². The molecule has 0 unspecified atom stereocenters. The summed E-state index contributed by atoms with van der Waals surface area (Å²) in [4.78, 5) is 67.1. The molecule has 3 atom stereocenters. The van der Waals surface area contributed by atoms with Crippen LogP contribution in [0.4, 0.5) is 11.4 Å². The monoisotopic (exact) mass is 554 g/mol. The minimum Gasteiger partial charge on any atom is -0.469 e. The van der Waals surface area contributed by atoms with Gasteiger partial charge in [-0.1, -0.05) is 23.1 Å². The number of nitrogens with zero attached hydrogens (tertiary/aromatic N) is 4. The maximum atomic E-state index is 13.7. The van der Waals surface area contributed by atoms with Crippen LogP contribution >= 0.6 is 23.1 Å². The van der Waals surface area contributed by atoms with E-state index in [1.165, 1.54) is 35.1 Å². The lowest BCUT2D eigenvalue weighted by Gasteiger charge is -2.30. The minimum absolute atomic E-state index is 0.131. The van der Waals surface area contributed by atoms with E-state index in [2.05, 4.69) is 0 Å². The number of rotatable bonds is 5. The number of anilines is 1. The summed E-state index contributed by atoms with van der Waals surface area (Å²) in [7, 11) is 0. The molecule has 3 aromatic rings. The molecule has 3 aliphatic rings. The Labute approximate surface area is 224 Å². The van der Waals surface area contributed by atoms with Gasteiger partial charge in [0, 0.05) is 25.2 Å². The highest BCUT2D eigenvalue weighted by molar-refractivity contribution is 8.00. The smallest absolute Gasteiger partial charge is 0.308 e. The van der Waals surface area contributed by atoms with Crippen LogP contribution in [0.5, 0.6) is 0 Å². The van der Waals surface area contributed by atoms with Gasteiger partial charge in [0.15, 0.2) is 0 Å². The molecular formula is C25H22N4O7S2. The summed E-state index contributed by atoms with van der Waals surface area (Å²) in [5.74, 6) is -2.17. The standard InChI is InChI=1S/C25H22N4O7S2/c30-17(26-10-2-1-3-11-26)13-27-24-21(38-25(27)33)18(16-5-4-12-36-16)19-20(37-24)23(32)28(22(19)31)14-6-8-15(9-7-14)29(34)35/h4-9,12,18-20H,1-3,10-11,13H2/t18-,19-,20+/m0/s1. The van der Waals surface area contributed by atoms with Crippen molar-refractivity contribution in [3.05, 3.63) is 73.1 Å². The van der Waals surface area contributed by atoms with Crippen LogP contribution in [0.25, 0.3) is 0 Å². The fourth-order valence-electron chi connectivity index (χ4n) is 5.39. The van der Waals surface area contributed by atoms with Crippen molar-refractivity contribution in [2.45, 2.75) is 42.0 Å². The van der Waals surface area contributed by atoms with Gasteiger partial charge in [-0.25, -0.2) is 4.90 Å². The Balaban J connectivity index is 1.39. The van der Waals surface area contributed by atoms with Gasteiger partial charge < -0.3 is 9.32 Å². The van der Waals surface area contributed by atoms with Gasteiger partial charge in [-0.2, -0.15) is 0 Å².